The summed E-state index contributed by atoms with van der Waals surface area (Å²) in [4.78, 5) is 18.3. The van der Waals surface area contributed by atoms with Crippen molar-refractivity contribution in [1.29, 1.82) is 0 Å². The molecule has 0 radical (unpaired) electrons. The number of carbonyl (C=O) groups excluding carboxylic acids is 1. The van der Waals surface area contributed by atoms with E-state index >= 15 is 0 Å². The Balaban J connectivity index is 1.49. The third-order valence-electron chi connectivity index (χ3n) is 5.40. The van der Waals surface area contributed by atoms with E-state index in [-0.39, 0.29) is 5.91 Å². The summed E-state index contributed by atoms with van der Waals surface area (Å²) in [7, 11) is 2.14. The molecule has 0 spiro atoms. The summed E-state index contributed by atoms with van der Waals surface area (Å²) in [5, 5.41) is 4.41. The molecule has 4 heteroatoms. The lowest BCUT2D eigenvalue weighted by Gasteiger charge is -2.12. The third kappa shape index (κ3) is 2.88. The zero-order chi connectivity index (χ0) is 15.8. The summed E-state index contributed by atoms with van der Waals surface area (Å²) >= 11 is 0. The van der Waals surface area contributed by atoms with E-state index < -0.39 is 0 Å². The van der Waals surface area contributed by atoms with E-state index in [4.69, 9.17) is 0 Å². The molecule has 1 aliphatic carbocycles. The average Bonchev–Trinajstić information content (AvgIpc) is 3.15. The van der Waals surface area contributed by atoms with Gasteiger partial charge < -0.3 is 15.2 Å². The van der Waals surface area contributed by atoms with E-state index in [1.54, 1.807) is 0 Å². The van der Waals surface area contributed by atoms with E-state index in [0.717, 1.165) is 43.6 Å². The first-order chi connectivity index (χ1) is 11.2. The van der Waals surface area contributed by atoms with Crippen LogP contribution in [0.3, 0.4) is 0 Å². The summed E-state index contributed by atoms with van der Waals surface area (Å²) in [6, 6.07) is 6.11. The molecule has 2 aromatic rings. The quantitative estimate of drug-likeness (QED) is 0.915. The number of amides is 1. The number of H-pyrrole nitrogens is 1. The van der Waals surface area contributed by atoms with Crippen molar-refractivity contribution in [3.63, 3.8) is 0 Å². The Bertz CT molecular complexity index is 734. The van der Waals surface area contributed by atoms with E-state index in [2.05, 4.69) is 28.3 Å². The number of benzene rings is 1. The number of fused-ring (bicyclic) bond motifs is 3. The molecule has 1 atom stereocenters. The second kappa shape index (κ2) is 6.00. The smallest absolute Gasteiger partial charge is 0.251 e. The van der Waals surface area contributed by atoms with Crippen LogP contribution in [0.2, 0.25) is 0 Å². The molecule has 2 aliphatic rings. The Kier molecular flexibility index (Phi) is 3.85. The lowest BCUT2D eigenvalue weighted by molar-refractivity contribution is 0.0947. The van der Waals surface area contributed by atoms with Crippen LogP contribution >= 0.6 is 0 Å². The van der Waals surface area contributed by atoms with Crippen molar-refractivity contribution in [1.82, 2.24) is 15.2 Å². The van der Waals surface area contributed by atoms with Crippen LogP contribution in [0.4, 0.5) is 0 Å². The second-order valence-corrected chi connectivity index (χ2v) is 7.18. The maximum absolute atomic E-state index is 12.4. The van der Waals surface area contributed by atoms with Crippen LogP contribution in [-0.2, 0) is 12.8 Å². The molecule has 2 N–H and O–H groups in total. The minimum atomic E-state index is 0.0500. The molecule has 1 aromatic carbocycles. The molecule has 2 heterocycles. The van der Waals surface area contributed by atoms with Crippen molar-refractivity contribution in [3.8, 4) is 0 Å². The van der Waals surface area contributed by atoms with Gasteiger partial charge in [0.1, 0.15) is 0 Å². The van der Waals surface area contributed by atoms with Crippen LogP contribution in [0, 0.1) is 5.92 Å². The average molecular weight is 311 g/mol. The molecular weight excluding hydrogens is 286 g/mol. The molecule has 0 bridgehead atoms. The van der Waals surface area contributed by atoms with E-state index in [9.17, 15) is 4.79 Å². The summed E-state index contributed by atoms with van der Waals surface area (Å²) in [5.74, 6) is 0.638. The van der Waals surface area contributed by atoms with Gasteiger partial charge in [-0.2, -0.15) is 0 Å². The zero-order valence-electron chi connectivity index (χ0n) is 13.8. The van der Waals surface area contributed by atoms with Crippen LogP contribution in [0.25, 0.3) is 10.9 Å². The highest BCUT2D eigenvalue weighted by molar-refractivity contribution is 5.98. The minimum Gasteiger partial charge on any atom is -0.358 e. The van der Waals surface area contributed by atoms with Gasteiger partial charge in [-0.25, -0.2) is 0 Å². The summed E-state index contributed by atoms with van der Waals surface area (Å²) in [6.07, 6.45) is 6.02. The van der Waals surface area contributed by atoms with Gasteiger partial charge in [-0.15, -0.1) is 0 Å². The van der Waals surface area contributed by atoms with E-state index in [1.165, 1.54) is 35.9 Å². The molecule has 1 aromatic heterocycles. The Morgan fingerprint density at radius 2 is 2.22 bits per heavy atom. The molecule has 4 nitrogen and oxygen atoms in total. The van der Waals surface area contributed by atoms with Crippen LogP contribution < -0.4 is 5.32 Å². The van der Waals surface area contributed by atoms with Gasteiger partial charge in [0, 0.05) is 35.2 Å². The van der Waals surface area contributed by atoms with Crippen molar-refractivity contribution >= 4 is 16.8 Å². The topological polar surface area (TPSA) is 48.1 Å². The van der Waals surface area contributed by atoms with Gasteiger partial charge in [-0.3, -0.25) is 4.79 Å². The number of aromatic amines is 1. The van der Waals surface area contributed by atoms with Gasteiger partial charge in [-0.05, 0) is 69.3 Å². The Morgan fingerprint density at radius 1 is 1.35 bits per heavy atom. The first kappa shape index (κ1) is 14.8. The molecule has 23 heavy (non-hydrogen) atoms. The fraction of sp³-hybridized carbons (Fsp3) is 0.526. The molecule has 1 unspecified atom stereocenters. The molecule has 1 saturated heterocycles. The molecule has 0 saturated carbocycles. The molecular formula is C19H25N3O. The highest BCUT2D eigenvalue weighted by Crippen LogP contribution is 2.29. The van der Waals surface area contributed by atoms with Crippen LogP contribution in [0.1, 0.15) is 40.9 Å². The highest BCUT2D eigenvalue weighted by atomic mass is 16.1. The Hall–Kier alpha value is -1.81. The van der Waals surface area contributed by atoms with Crippen LogP contribution in [0.5, 0.6) is 0 Å². The number of hydrogen-bond donors (Lipinski definition) is 2. The van der Waals surface area contributed by atoms with Crippen molar-refractivity contribution in [2.45, 2.75) is 32.1 Å². The number of aryl methyl sites for hydroxylation is 2. The normalized spacial score (nSPS) is 21.5. The first-order valence-corrected chi connectivity index (χ1v) is 8.81. The number of hydrogen-bond acceptors (Lipinski definition) is 2. The highest BCUT2D eigenvalue weighted by Gasteiger charge is 2.20. The largest absolute Gasteiger partial charge is 0.358 e. The monoisotopic (exact) mass is 311 g/mol. The maximum atomic E-state index is 12.4. The lowest BCUT2D eigenvalue weighted by atomic mass is 9.95. The molecule has 4 rings (SSSR count). The minimum absolute atomic E-state index is 0.0500. The lowest BCUT2D eigenvalue weighted by Crippen LogP contribution is -2.30. The molecule has 1 amide bonds. The van der Waals surface area contributed by atoms with Crippen molar-refractivity contribution < 1.29 is 4.79 Å². The summed E-state index contributed by atoms with van der Waals surface area (Å²) in [6.45, 7) is 3.01. The summed E-state index contributed by atoms with van der Waals surface area (Å²) < 4.78 is 0. The van der Waals surface area contributed by atoms with Gasteiger partial charge in [0.2, 0.25) is 0 Å². The number of likely N-dealkylation sites (tertiary alicyclic amines) is 1. The number of nitrogens with one attached hydrogen (secondary N) is 2. The van der Waals surface area contributed by atoms with E-state index in [0.29, 0.717) is 5.92 Å². The predicted octanol–water partition coefficient (Wildman–Crippen LogP) is 2.73. The van der Waals surface area contributed by atoms with Crippen LogP contribution in [0.15, 0.2) is 18.2 Å². The van der Waals surface area contributed by atoms with Crippen molar-refractivity contribution in [3.05, 3.63) is 35.0 Å². The van der Waals surface area contributed by atoms with Gasteiger partial charge in [0.05, 0.1) is 0 Å². The van der Waals surface area contributed by atoms with E-state index in [1.807, 2.05) is 12.1 Å². The van der Waals surface area contributed by atoms with Gasteiger partial charge in [-0.1, -0.05) is 6.07 Å². The fourth-order valence-corrected chi connectivity index (χ4v) is 4.09. The zero-order valence-corrected chi connectivity index (χ0v) is 13.8. The SMILES string of the molecule is CN1CCC(CNC(=O)c2ccc3c4c([nH]c3c2)CCCC4)C1. The van der Waals surface area contributed by atoms with Gasteiger partial charge >= 0.3 is 0 Å². The first-order valence-electron chi connectivity index (χ1n) is 8.81. The number of aromatic nitrogens is 1. The fourth-order valence-electron chi connectivity index (χ4n) is 4.09. The summed E-state index contributed by atoms with van der Waals surface area (Å²) in [5.41, 5.74) is 4.72. The van der Waals surface area contributed by atoms with Gasteiger partial charge in [0.15, 0.2) is 0 Å². The Labute approximate surface area is 137 Å². The maximum Gasteiger partial charge on any atom is 0.251 e. The molecule has 1 fully saturated rings. The third-order valence-corrected chi connectivity index (χ3v) is 5.40. The van der Waals surface area contributed by atoms with Crippen LogP contribution in [-0.4, -0.2) is 42.5 Å². The molecule has 122 valence electrons. The standard InChI is InChI=1S/C19H25N3O/c1-22-9-8-13(12-22)11-20-19(23)14-6-7-16-15-4-2-3-5-17(15)21-18(16)10-14/h6-7,10,13,21H,2-5,8-9,11-12H2,1H3,(H,20,23). The number of nitrogens with zero attached hydrogens (tertiary/aromatic N) is 1. The second-order valence-electron chi connectivity index (χ2n) is 7.18. The number of rotatable bonds is 3. The van der Waals surface area contributed by atoms with Crippen molar-refractivity contribution in [2.75, 3.05) is 26.7 Å². The van der Waals surface area contributed by atoms with Crippen molar-refractivity contribution in [2.24, 2.45) is 5.92 Å². The molecule has 1 aliphatic heterocycles. The predicted molar refractivity (Wildman–Crippen MR) is 92.9 cm³/mol. The van der Waals surface area contributed by atoms with Gasteiger partial charge in [0.25, 0.3) is 5.91 Å². The Morgan fingerprint density at radius 3 is 3.04 bits per heavy atom. The number of carbonyl (C=O) groups is 1.